The molecule has 1 aliphatic rings. The van der Waals surface area contributed by atoms with Gasteiger partial charge in [0.1, 0.15) is 12.1 Å². The molecule has 1 aliphatic heterocycles. The molecule has 0 aliphatic carbocycles. The van der Waals surface area contributed by atoms with Crippen LogP contribution >= 0.6 is 0 Å². The topological polar surface area (TPSA) is 188 Å². The van der Waals surface area contributed by atoms with Crippen molar-refractivity contribution in [2.45, 2.75) is 104 Å². The maximum atomic E-state index is 14.3. The number of nitrogens with one attached hydrogen (secondary N) is 3. The number of aromatic nitrogens is 1. The summed E-state index contributed by atoms with van der Waals surface area (Å²) >= 11 is 0. The van der Waals surface area contributed by atoms with Gasteiger partial charge in [-0.25, -0.2) is 14.6 Å². The lowest BCUT2D eigenvalue weighted by molar-refractivity contribution is -0.132. The number of aliphatic hydroxyl groups is 2. The molecular weight excluding hydrogens is 666 g/mol. The Morgan fingerprint density at radius 2 is 1.69 bits per heavy atom. The zero-order chi connectivity index (χ0) is 38.4. The molecule has 6 N–H and O–H groups in total. The first-order valence-electron chi connectivity index (χ1n) is 18.3. The van der Waals surface area contributed by atoms with E-state index in [0.29, 0.717) is 51.9 Å². The largest absolute Gasteiger partial charge is 0.465 e. The fraction of sp³-hybridized carbons (Fsp3) is 0.605. The van der Waals surface area contributed by atoms with E-state index in [1.54, 1.807) is 35.6 Å². The van der Waals surface area contributed by atoms with Crippen LogP contribution in [0.4, 0.5) is 9.59 Å². The Balaban J connectivity index is 1.86. The Hall–Kier alpha value is -4.27. The van der Waals surface area contributed by atoms with Crippen molar-refractivity contribution >= 4 is 23.9 Å². The molecule has 1 aromatic heterocycles. The predicted molar refractivity (Wildman–Crippen MR) is 198 cm³/mol. The number of carbonyl (C=O) groups excluding carboxylic acids is 3. The van der Waals surface area contributed by atoms with Crippen molar-refractivity contribution in [3.8, 4) is 0 Å². The molecule has 5 amide bonds. The number of hydrazine groups is 1. The van der Waals surface area contributed by atoms with E-state index in [1.165, 1.54) is 0 Å². The van der Waals surface area contributed by atoms with Gasteiger partial charge in [-0.2, -0.15) is 0 Å². The number of unbranched alkanes of at least 4 members (excludes halogenated alkanes) is 2. The first-order valence-corrected chi connectivity index (χ1v) is 18.3. The average Bonchev–Trinajstić information content (AvgIpc) is 3.43. The van der Waals surface area contributed by atoms with Gasteiger partial charge in [0.25, 0.3) is 5.91 Å². The normalized spacial score (nSPS) is 16.3. The zero-order valence-electron chi connectivity index (χ0n) is 31.5. The lowest BCUT2D eigenvalue weighted by Gasteiger charge is -2.36. The number of aryl methyl sites for hydroxylation is 1. The Morgan fingerprint density at radius 3 is 2.31 bits per heavy atom. The summed E-state index contributed by atoms with van der Waals surface area (Å²) < 4.78 is 0. The van der Waals surface area contributed by atoms with Crippen LogP contribution < -0.4 is 16.1 Å². The van der Waals surface area contributed by atoms with Crippen molar-refractivity contribution in [2.24, 2.45) is 11.3 Å². The first kappa shape index (κ1) is 42.1. The van der Waals surface area contributed by atoms with Crippen molar-refractivity contribution in [3.05, 3.63) is 65.5 Å². The van der Waals surface area contributed by atoms with Gasteiger partial charge in [0, 0.05) is 38.5 Å². The van der Waals surface area contributed by atoms with Crippen molar-refractivity contribution in [1.82, 2.24) is 35.9 Å². The quantitative estimate of drug-likeness (QED) is 0.0880. The number of hydrogen-bond acceptors (Lipinski definition) is 8. The molecule has 288 valence electrons. The van der Waals surface area contributed by atoms with E-state index in [-0.39, 0.29) is 37.4 Å². The molecule has 0 bridgehead atoms. The summed E-state index contributed by atoms with van der Waals surface area (Å²) in [6, 6.07) is 12.2. The molecule has 2 aromatic rings. The number of rotatable bonds is 20. The fourth-order valence-corrected chi connectivity index (χ4v) is 6.40. The Labute approximate surface area is 307 Å². The van der Waals surface area contributed by atoms with E-state index >= 15 is 0 Å². The molecule has 0 radical (unpaired) electrons. The number of urea groups is 1. The molecule has 14 heteroatoms. The van der Waals surface area contributed by atoms with Crippen LogP contribution in [0.25, 0.3) is 0 Å². The molecule has 1 unspecified atom stereocenters. The number of carbonyl (C=O) groups is 4. The molecule has 0 spiro atoms. The summed E-state index contributed by atoms with van der Waals surface area (Å²) in [6.45, 7) is 12.4. The summed E-state index contributed by atoms with van der Waals surface area (Å²) in [5, 5.41) is 37.5. The van der Waals surface area contributed by atoms with E-state index < -0.39 is 41.6 Å². The Kier molecular flexibility index (Phi) is 16.3. The van der Waals surface area contributed by atoms with Gasteiger partial charge in [-0.15, -0.1) is 0 Å². The van der Waals surface area contributed by atoms with E-state index in [2.05, 4.69) is 21.0 Å². The molecule has 1 saturated heterocycles. The lowest BCUT2D eigenvalue weighted by atomic mass is 9.86. The highest BCUT2D eigenvalue weighted by Gasteiger charge is 2.41. The molecule has 0 saturated carbocycles. The van der Waals surface area contributed by atoms with Crippen LogP contribution in [0.1, 0.15) is 77.3 Å². The Bertz CT molecular complexity index is 1450. The molecule has 1 aromatic carbocycles. The Morgan fingerprint density at radius 1 is 0.981 bits per heavy atom. The number of nitrogens with zero attached hydrogens (tertiary/aromatic N) is 4. The maximum absolute atomic E-state index is 14.3. The number of aliphatic hydroxyl groups excluding tert-OH is 2. The molecule has 2 heterocycles. The van der Waals surface area contributed by atoms with Crippen molar-refractivity contribution < 1.29 is 34.5 Å². The summed E-state index contributed by atoms with van der Waals surface area (Å²) in [5.74, 6) is -1.15. The van der Waals surface area contributed by atoms with E-state index in [9.17, 15) is 34.5 Å². The second kappa shape index (κ2) is 20.1. The summed E-state index contributed by atoms with van der Waals surface area (Å²) in [6.07, 6.45) is 0.204. The minimum atomic E-state index is -1.34. The molecule has 1 fully saturated rings. The molecule has 52 heavy (non-hydrogen) atoms. The van der Waals surface area contributed by atoms with Crippen LogP contribution in [0.2, 0.25) is 0 Å². The van der Waals surface area contributed by atoms with E-state index in [0.717, 1.165) is 17.0 Å². The predicted octanol–water partition coefficient (Wildman–Crippen LogP) is 3.31. The van der Waals surface area contributed by atoms with Gasteiger partial charge in [-0.1, -0.05) is 77.4 Å². The standard InChI is InChI=1S/C38H59N7O7/c1-7-26(2)32(45-21-20-43(37(45)52)24-29-18-14-15-27(3)39-29)34(48)40-30(23-28-16-10-8-11-17-28)31(47)25-44(19-12-9-13-22-46)42-35(49)33(38(4,5)6)41-36(50)51/h8,10-11,14-18,26,30-33,41,46-47H,7,9,12-13,19-25H2,1-6H3,(H,40,48)(H,42,49)(H,50,51)/t26-,30-,31-,32-,33?/m0/s1. The molecule has 5 atom stereocenters. The number of benzene rings is 1. The van der Waals surface area contributed by atoms with Crippen LogP contribution in [0.15, 0.2) is 48.5 Å². The van der Waals surface area contributed by atoms with Crippen LogP contribution in [0, 0.1) is 18.3 Å². The van der Waals surface area contributed by atoms with E-state index in [1.807, 2.05) is 69.3 Å². The minimum absolute atomic E-state index is 0.0201. The highest BCUT2D eigenvalue weighted by Crippen LogP contribution is 2.23. The maximum Gasteiger partial charge on any atom is 0.405 e. The van der Waals surface area contributed by atoms with E-state index in [4.69, 9.17) is 0 Å². The molecular formula is C38H59N7O7. The highest BCUT2D eigenvalue weighted by molar-refractivity contribution is 5.88. The molecule has 3 rings (SSSR count). The van der Waals surface area contributed by atoms with Crippen LogP contribution in [-0.4, -0.2) is 116 Å². The zero-order valence-corrected chi connectivity index (χ0v) is 31.5. The van der Waals surface area contributed by atoms with Gasteiger partial charge in [-0.3, -0.25) is 20.0 Å². The van der Waals surface area contributed by atoms with Gasteiger partial charge in [0.05, 0.1) is 24.4 Å². The highest BCUT2D eigenvalue weighted by atomic mass is 16.4. The number of carboxylic acid groups (broad SMARTS) is 1. The third-order valence-electron chi connectivity index (χ3n) is 9.46. The third kappa shape index (κ3) is 12.7. The average molecular weight is 726 g/mol. The van der Waals surface area contributed by atoms with Crippen molar-refractivity contribution in [1.29, 1.82) is 0 Å². The van der Waals surface area contributed by atoms with Crippen LogP contribution in [0.3, 0.4) is 0 Å². The lowest BCUT2D eigenvalue weighted by Crippen LogP contribution is -2.60. The van der Waals surface area contributed by atoms with Gasteiger partial charge < -0.3 is 35.8 Å². The fourth-order valence-electron chi connectivity index (χ4n) is 6.40. The number of amides is 5. The summed E-state index contributed by atoms with van der Waals surface area (Å²) in [5.41, 5.74) is 4.55. The molecule has 14 nitrogen and oxygen atoms in total. The van der Waals surface area contributed by atoms with Gasteiger partial charge >= 0.3 is 12.1 Å². The van der Waals surface area contributed by atoms with Gasteiger partial charge in [-0.05, 0) is 61.6 Å². The van der Waals surface area contributed by atoms with Crippen LogP contribution in [0.5, 0.6) is 0 Å². The van der Waals surface area contributed by atoms with Gasteiger partial charge in [0.15, 0.2) is 0 Å². The minimum Gasteiger partial charge on any atom is -0.465 e. The smallest absolute Gasteiger partial charge is 0.405 e. The van der Waals surface area contributed by atoms with Crippen LogP contribution in [-0.2, 0) is 22.6 Å². The second-order valence-corrected chi connectivity index (χ2v) is 14.8. The van der Waals surface area contributed by atoms with Gasteiger partial charge in [0.2, 0.25) is 5.91 Å². The summed E-state index contributed by atoms with van der Waals surface area (Å²) in [7, 11) is 0. The second-order valence-electron chi connectivity index (χ2n) is 14.8. The first-order chi connectivity index (χ1) is 24.6. The monoisotopic (exact) mass is 725 g/mol. The number of pyridine rings is 1. The third-order valence-corrected chi connectivity index (χ3v) is 9.46. The summed E-state index contributed by atoms with van der Waals surface area (Å²) in [4.78, 5) is 60.9. The van der Waals surface area contributed by atoms with Crippen molar-refractivity contribution in [2.75, 3.05) is 32.8 Å². The SMILES string of the molecule is CC[C@H](C)[C@@H](C(=O)N[C@@H](Cc1ccccc1)[C@@H](O)CN(CCCCCO)NC(=O)C(NC(=O)O)C(C)(C)C)N1CCN(Cc2cccc(C)n2)C1=O. The number of hydrogen-bond donors (Lipinski definition) is 6. The van der Waals surface area contributed by atoms with Crippen molar-refractivity contribution in [3.63, 3.8) is 0 Å².